The number of anilines is 1. The number of hydrogen-bond acceptors (Lipinski definition) is 7. The molecule has 28 heavy (non-hydrogen) atoms. The van der Waals surface area contributed by atoms with Crippen molar-refractivity contribution in [3.05, 3.63) is 35.7 Å². The zero-order valence-electron chi connectivity index (χ0n) is 15.6. The van der Waals surface area contributed by atoms with Crippen LogP contribution in [0.2, 0.25) is 0 Å². The molecule has 5 rings (SSSR count). The molecule has 2 atom stereocenters. The molecule has 0 N–H and O–H groups in total. The number of aromatic nitrogens is 3. The van der Waals surface area contributed by atoms with Crippen LogP contribution in [0.3, 0.4) is 0 Å². The van der Waals surface area contributed by atoms with Crippen molar-refractivity contribution < 1.29 is 13.6 Å². The van der Waals surface area contributed by atoms with Gasteiger partial charge in [-0.05, 0) is 36.3 Å². The number of amides is 1. The van der Waals surface area contributed by atoms with Crippen LogP contribution in [0.5, 0.6) is 0 Å². The third kappa shape index (κ3) is 2.85. The summed E-state index contributed by atoms with van der Waals surface area (Å²) in [6.07, 6.45) is 7.77. The van der Waals surface area contributed by atoms with Gasteiger partial charge in [0.2, 0.25) is 11.8 Å². The van der Waals surface area contributed by atoms with Crippen molar-refractivity contribution in [2.45, 2.75) is 38.6 Å². The second-order valence-electron chi connectivity index (χ2n) is 7.90. The number of nitrogens with zero attached hydrogens (tertiary/aromatic N) is 6. The molecule has 2 aliphatic heterocycles. The maximum absolute atomic E-state index is 13.6. The molecule has 4 heterocycles. The van der Waals surface area contributed by atoms with Crippen LogP contribution in [0, 0.1) is 24.1 Å². The van der Waals surface area contributed by atoms with Gasteiger partial charge in [-0.15, -0.1) is 5.10 Å². The molecule has 8 nitrogen and oxygen atoms in total. The fraction of sp³-hybridized carbons (Fsp3) is 0.526. The average Bonchev–Trinajstić information content (AvgIpc) is 3.10. The number of hydrazone groups is 1. The average molecular weight is 384 g/mol. The van der Waals surface area contributed by atoms with Crippen molar-refractivity contribution in [2.75, 3.05) is 18.0 Å². The number of carbonyl (C=O) groups is 1. The lowest BCUT2D eigenvalue weighted by molar-refractivity contribution is -0.140. The summed E-state index contributed by atoms with van der Waals surface area (Å²) in [5, 5.41) is 13.9. The number of carbonyl (C=O) groups excluding carboxylic acids is 1. The van der Waals surface area contributed by atoms with Crippen molar-refractivity contribution >= 4 is 18.1 Å². The van der Waals surface area contributed by atoms with Crippen LogP contribution in [0.15, 0.2) is 28.0 Å². The van der Waals surface area contributed by atoms with E-state index < -0.39 is 5.82 Å². The predicted octanol–water partition coefficient (Wildman–Crippen LogP) is 2.48. The van der Waals surface area contributed by atoms with E-state index in [0.29, 0.717) is 36.9 Å². The van der Waals surface area contributed by atoms with E-state index >= 15 is 0 Å². The molecule has 2 unspecified atom stereocenters. The Labute approximate surface area is 161 Å². The molecular weight excluding hydrogens is 363 g/mol. The van der Waals surface area contributed by atoms with E-state index in [1.807, 2.05) is 0 Å². The fourth-order valence-corrected chi connectivity index (χ4v) is 4.46. The molecule has 1 aliphatic carbocycles. The Morgan fingerprint density at radius 2 is 2.18 bits per heavy atom. The number of rotatable bonds is 3. The van der Waals surface area contributed by atoms with Crippen molar-refractivity contribution in [3.8, 4) is 0 Å². The highest BCUT2D eigenvalue weighted by molar-refractivity contribution is 5.83. The fourth-order valence-electron chi connectivity index (χ4n) is 4.46. The second kappa shape index (κ2) is 6.35. The lowest BCUT2D eigenvalue weighted by atomic mass is 9.81. The van der Waals surface area contributed by atoms with Crippen molar-refractivity contribution in [1.29, 1.82) is 0 Å². The van der Waals surface area contributed by atoms with Crippen LogP contribution in [-0.2, 0) is 4.79 Å². The predicted molar refractivity (Wildman–Crippen MR) is 97.9 cm³/mol. The highest BCUT2D eigenvalue weighted by Crippen LogP contribution is 2.57. The molecule has 9 heteroatoms. The molecular formula is C19H21FN6O2. The lowest BCUT2D eigenvalue weighted by Crippen LogP contribution is -2.48. The highest BCUT2D eigenvalue weighted by Gasteiger charge is 2.57. The Morgan fingerprint density at radius 1 is 1.32 bits per heavy atom. The SMILES string of the molecule is Cc1nnc(N2CCC(C(=O)N3N=CCC3c3cncc(F)c3)C3(CC3)C2)o1. The summed E-state index contributed by atoms with van der Waals surface area (Å²) in [5.41, 5.74) is 0.607. The number of pyridine rings is 1. The van der Waals surface area contributed by atoms with Crippen molar-refractivity contribution in [3.63, 3.8) is 0 Å². The zero-order valence-corrected chi connectivity index (χ0v) is 15.6. The summed E-state index contributed by atoms with van der Waals surface area (Å²) in [6.45, 7) is 3.19. The molecule has 2 fully saturated rings. The molecule has 0 aromatic carbocycles. The summed E-state index contributed by atoms with van der Waals surface area (Å²) in [6, 6.07) is 1.67. The van der Waals surface area contributed by atoms with Gasteiger partial charge in [0.1, 0.15) is 5.82 Å². The van der Waals surface area contributed by atoms with Gasteiger partial charge in [-0.2, -0.15) is 5.10 Å². The van der Waals surface area contributed by atoms with Gasteiger partial charge in [-0.1, -0.05) is 5.10 Å². The first kappa shape index (κ1) is 17.3. The third-order valence-electron chi connectivity index (χ3n) is 6.08. The van der Waals surface area contributed by atoms with Crippen molar-refractivity contribution in [1.82, 2.24) is 20.2 Å². The van der Waals surface area contributed by atoms with E-state index in [1.165, 1.54) is 17.3 Å². The van der Waals surface area contributed by atoms with E-state index in [1.54, 1.807) is 19.3 Å². The first-order valence-electron chi connectivity index (χ1n) is 9.57. The summed E-state index contributed by atoms with van der Waals surface area (Å²) in [7, 11) is 0. The number of aryl methyl sites for hydroxylation is 1. The van der Waals surface area contributed by atoms with Crippen LogP contribution < -0.4 is 4.90 Å². The Kier molecular flexibility index (Phi) is 3.92. The van der Waals surface area contributed by atoms with Gasteiger partial charge in [0.15, 0.2) is 0 Å². The molecule has 2 aromatic heterocycles. The van der Waals surface area contributed by atoms with Gasteiger partial charge >= 0.3 is 6.01 Å². The van der Waals surface area contributed by atoms with Crippen LogP contribution in [0.4, 0.5) is 10.4 Å². The summed E-state index contributed by atoms with van der Waals surface area (Å²) >= 11 is 0. The maximum Gasteiger partial charge on any atom is 0.318 e. The summed E-state index contributed by atoms with van der Waals surface area (Å²) < 4.78 is 19.2. The van der Waals surface area contributed by atoms with Crippen molar-refractivity contribution in [2.24, 2.45) is 16.4 Å². The lowest BCUT2D eigenvalue weighted by Gasteiger charge is -2.39. The first-order chi connectivity index (χ1) is 13.6. The van der Waals surface area contributed by atoms with Crippen LogP contribution in [0.25, 0.3) is 0 Å². The summed E-state index contributed by atoms with van der Waals surface area (Å²) in [5.74, 6) is 0.0449. The van der Waals surface area contributed by atoms with E-state index in [9.17, 15) is 9.18 Å². The Balaban J connectivity index is 1.35. The Bertz CT molecular complexity index is 940. The Hall–Kier alpha value is -2.84. The standard InChI is InChI=1S/C19H21FN6O2/c1-12-23-24-18(28-12)25-7-3-15(19(11-25)4-5-19)17(27)26-16(2-6-22-26)13-8-14(20)10-21-9-13/h6,8-10,15-16H,2-5,7,11H2,1H3. The quantitative estimate of drug-likeness (QED) is 0.808. The third-order valence-corrected chi connectivity index (χ3v) is 6.08. The highest BCUT2D eigenvalue weighted by atomic mass is 19.1. The van der Waals surface area contributed by atoms with Gasteiger partial charge in [0.25, 0.3) is 0 Å². The van der Waals surface area contributed by atoms with E-state index in [4.69, 9.17) is 4.42 Å². The molecule has 1 saturated heterocycles. The Morgan fingerprint density at radius 3 is 2.89 bits per heavy atom. The summed E-state index contributed by atoms with van der Waals surface area (Å²) in [4.78, 5) is 19.4. The smallest absolute Gasteiger partial charge is 0.318 e. The molecule has 0 bridgehead atoms. The minimum Gasteiger partial charge on any atom is -0.408 e. The number of piperidine rings is 1. The number of hydrogen-bond donors (Lipinski definition) is 0. The molecule has 0 radical (unpaired) electrons. The zero-order chi connectivity index (χ0) is 19.3. The number of halogens is 1. The first-order valence-corrected chi connectivity index (χ1v) is 9.57. The molecule has 2 aromatic rings. The largest absolute Gasteiger partial charge is 0.408 e. The van der Waals surface area contributed by atoms with Gasteiger partial charge < -0.3 is 9.32 Å². The normalized spacial score (nSPS) is 25.5. The topological polar surface area (TPSA) is 87.7 Å². The molecule has 1 saturated carbocycles. The van der Waals surface area contributed by atoms with Gasteiger partial charge in [0, 0.05) is 44.8 Å². The van der Waals surface area contributed by atoms with Crippen LogP contribution in [-0.4, -0.2) is 45.4 Å². The van der Waals surface area contributed by atoms with Crippen LogP contribution >= 0.6 is 0 Å². The molecule has 1 spiro atoms. The molecule has 146 valence electrons. The van der Waals surface area contributed by atoms with E-state index in [0.717, 1.165) is 19.4 Å². The maximum atomic E-state index is 13.6. The minimum atomic E-state index is -0.404. The minimum absolute atomic E-state index is 0.0156. The van der Waals surface area contributed by atoms with Gasteiger partial charge in [-0.3, -0.25) is 9.78 Å². The van der Waals surface area contributed by atoms with Gasteiger partial charge in [-0.25, -0.2) is 9.40 Å². The monoisotopic (exact) mass is 384 g/mol. The second-order valence-corrected chi connectivity index (χ2v) is 7.90. The van der Waals surface area contributed by atoms with Gasteiger partial charge in [0.05, 0.1) is 12.2 Å². The molecule has 3 aliphatic rings. The van der Waals surface area contributed by atoms with Crippen LogP contribution in [0.1, 0.15) is 43.2 Å². The van der Waals surface area contributed by atoms with E-state index in [2.05, 4.69) is 25.2 Å². The van der Waals surface area contributed by atoms with E-state index in [-0.39, 0.29) is 23.3 Å². The molecule has 1 amide bonds.